The van der Waals surface area contributed by atoms with Crippen LogP contribution in [0.2, 0.25) is 0 Å². The van der Waals surface area contributed by atoms with Gasteiger partial charge in [-0.3, -0.25) is 9.59 Å². The van der Waals surface area contributed by atoms with Crippen molar-refractivity contribution in [2.45, 2.75) is 32.6 Å². The van der Waals surface area contributed by atoms with Gasteiger partial charge in [0.15, 0.2) is 0 Å². The molecule has 1 rings (SSSR count). The number of carboxylic acid groups (broad SMARTS) is 1. The summed E-state index contributed by atoms with van der Waals surface area (Å²) in [6, 6.07) is 7.88. The zero-order valence-corrected chi connectivity index (χ0v) is 11.9. The molecule has 0 aliphatic rings. The molecule has 2 N–H and O–H groups in total. The van der Waals surface area contributed by atoms with Crippen molar-refractivity contribution in [3.8, 4) is 5.75 Å². The number of rotatable bonds is 8. The van der Waals surface area contributed by atoms with Crippen molar-refractivity contribution in [3.05, 3.63) is 29.8 Å². The second-order valence-electron chi connectivity index (χ2n) is 4.85. The lowest BCUT2D eigenvalue weighted by atomic mass is 10.0. The van der Waals surface area contributed by atoms with Crippen LogP contribution >= 0.6 is 0 Å². The first-order chi connectivity index (χ1) is 9.49. The van der Waals surface area contributed by atoms with Crippen molar-refractivity contribution in [3.63, 3.8) is 0 Å². The van der Waals surface area contributed by atoms with Crippen molar-refractivity contribution in [1.29, 1.82) is 0 Å². The number of carbonyl (C=O) groups excluding carboxylic acids is 1. The number of benzene rings is 1. The van der Waals surface area contributed by atoms with Crippen LogP contribution in [-0.2, 0) is 9.59 Å². The van der Waals surface area contributed by atoms with Gasteiger partial charge in [0, 0.05) is 6.42 Å². The standard InChI is InChI=1S/C15H21NO4/c1-11(2)12-5-3-6-13(9-12)20-8-4-7-14(17)16-10-15(18)19/h3,5-6,9,11H,4,7-8,10H2,1-2H3,(H,16,17)(H,18,19). The molecule has 0 fully saturated rings. The topological polar surface area (TPSA) is 75.6 Å². The van der Waals surface area contributed by atoms with E-state index >= 15 is 0 Å². The Hall–Kier alpha value is -2.04. The molecule has 0 aromatic heterocycles. The molecule has 0 aliphatic heterocycles. The van der Waals surface area contributed by atoms with Crippen LogP contribution in [0.5, 0.6) is 5.75 Å². The number of carboxylic acids is 1. The number of nitrogens with one attached hydrogen (secondary N) is 1. The third-order valence-corrected chi connectivity index (χ3v) is 2.78. The molecule has 1 aromatic rings. The number of hydrogen-bond acceptors (Lipinski definition) is 3. The largest absolute Gasteiger partial charge is 0.494 e. The van der Waals surface area contributed by atoms with E-state index in [4.69, 9.17) is 9.84 Å². The normalized spacial score (nSPS) is 10.3. The number of carbonyl (C=O) groups is 2. The number of amides is 1. The van der Waals surface area contributed by atoms with Crippen molar-refractivity contribution >= 4 is 11.9 Å². The maximum atomic E-state index is 11.3. The van der Waals surface area contributed by atoms with E-state index in [9.17, 15) is 9.59 Å². The SMILES string of the molecule is CC(C)c1cccc(OCCCC(=O)NCC(=O)O)c1. The van der Waals surface area contributed by atoms with Crippen LogP contribution in [0.1, 0.15) is 38.2 Å². The summed E-state index contributed by atoms with van der Waals surface area (Å²) in [5.74, 6) is -0.0745. The predicted octanol–water partition coefficient (Wildman–Crippen LogP) is 2.17. The van der Waals surface area contributed by atoms with Crippen LogP contribution in [0.25, 0.3) is 0 Å². The fourth-order valence-electron chi connectivity index (χ4n) is 1.65. The highest BCUT2D eigenvalue weighted by Crippen LogP contribution is 2.20. The van der Waals surface area contributed by atoms with Gasteiger partial charge in [0.05, 0.1) is 6.61 Å². The van der Waals surface area contributed by atoms with Crippen LogP contribution in [-0.4, -0.2) is 30.1 Å². The molecule has 1 amide bonds. The van der Waals surface area contributed by atoms with E-state index in [2.05, 4.69) is 25.2 Å². The van der Waals surface area contributed by atoms with Crippen LogP contribution in [0.4, 0.5) is 0 Å². The predicted molar refractivity (Wildman–Crippen MR) is 75.9 cm³/mol. The Morgan fingerprint density at radius 3 is 2.75 bits per heavy atom. The molecule has 110 valence electrons. The van der Waals surface area contributed by atoms with E-state index < -0.39 is 5.97 Å². The van der Waals surface area contributed by atoms with Gasteiger partial charge >= 0.3 is 5.97 Å². The fourth-order valence-corrected chi connectivity index (χ4v) is 1.65. The summed E-state index contributed by atoms with van der Waals surface area (Å²) in [4.78, 5) is 21.5. The monoisotopic (exact) mass is 279 g/mol. The molecular formula is C15H21NO4. The zero-order chi connectivity index (χ0) is 15.0. The lowest BCUT2D eigenvalue weighted by molar-refractivity contribution is -0.137. The Labute approximate surface area is 118 Å². The average molecular weight is 279 g/mol. The van der Waals surface area contributed by atoms with Gasteiger partial charge in [-0.05, 0) is 30.0 Å². The van der Waals surface area contributed by atoms with E-state index in [1.165, 1.54) is 5.56 Å². The summed E-state index contributed by atoms with van der Waals surface area (Å²) < 4.78 is 5.58. The molecule has 0 bridgehead atoms. The lowest BCUT2D eigenvalue weighted by Crippen LogP contribution is -2.29. The maximum Gasteiger partial charge on any atom is 0.322 e. The Morgan fingerprint density at radius 1 is 1.35 bits per heavy atom. The maximum absolute atomic E-state index is 11.3. The van der Waals surface area contributed by atoms with E-state index in [1.54, 1.807) is 0 Å². The van der Waals surface area contributed by atoms with Crippen molar-refractivity contribution in [2.24, 2.45) is 0 Å². The minimum atomic E-state index is -1.04. The number of hydrogen-bond donors (Lipinski definition) is 2. The first-order valence-electron chi connectivity index (χ1n) is 6.70. The van der Waals surface area contributed by atoms with Gasteiger partial charge in [-0.1, -0.05) is 26.0 Å². The Morgan fingerprint density at radius 2 is 2.10 bits per heavy atom. The van der Waals surface area contributed by atoms with Crippen molar-refractivity contribution in [1.82, 2.24) is 5.32 Å². The van der Waals surface area contributed by atoms with Gasteiger partial charge in [-0.25, -0.2) is 0 Å². The van der Waals surface area contributed by atoms with Crippen LogP contribution < -0.4 is 10.1 Å². The van der Waals surface area contributed by atoms with Gasteiger partial charge in [0.2, 0.25) is 5.91 Å². The molecule has 20 heavy (non-hydrogen) atoms. The summed E-state index contributed by atoms with van der Waals surface area (Å²) in [7, 11) is 0. The second kappa shape index (κ2) is 8.19. The first-order valence-corrected chi connectivity index (χ1v) is 6.70. The first kappa shape index (κ1) is 16.0. The summed E-state index contributed by atoms with van der Waals surface area (Å²) in [5.41, 5.74) is 1.21. The summed E-state index contributed by atoms with van der Waals surface area (Å²) in [6.45, 7) is 4.33. The quantitative estimate of drug-likeness (QED) is 0.715. The number of aliphatic carboxylic acids is 1. The smallest absolute Gasteiger partial charge is 0.322 e. The van der Waals surface area contributed by atoms with Gasteiger partial charge in [0.1, 0.15) is 12.3 Å². The van der Waals surface area contributed by atoms with Crippen molar-refractivity contribution < 1.29 is 19.4 Å². The van der Waals surface area contributed by atoms with E-state index in [1.807, 2.05) is 18.2 Å². The highest BCUT2D eigenvalue weighted by atomic mass is 16.5. The third kappa shape index (κ3) is 6.22. The Balaban J connectivity index is 2.25. The average Bonchev–Trinajstić information content (AvgIpc) is 2.41. The molecule has 0 saturated heterocycles. The van der Waals surface area contributed by atoms with E-state index in [0.717, 1.165) is 5.75 Å². The van der Waals surface area contributed by atoms with Gasteiger partial charge in [-0.2, -0.15) is 0 Å². The molecule has 0 radical (unpaired) electrons. The summed E-state index contributed by atoms with van der Waals surface area (Å²) >= 11 is 0. The van der Waals surface area contributed by atoms with Crippen LogP contribution in [0.15, 0.2) is 24.3 Å². The molecule has 0 spiro atoms. The molecule has 5 heteroatoms. The van der Waals surface area contributed by atoms with E-state index in [-0.39, 0.29) is 18.9 Å². The Bertz CT molecular complexity index is 457. The number of ether oxygens (including phenoxy) is 1. The minimum Gasteiger partial charge on any atom is -0.494 e. The molecule has 0 aliphatic carbocycles. The highest BCUT2D eigenvalue weighted by molar-refractivity contribution is 5.80. The van der Waals surface area contributed by atoms with Gasteiger partial charge < -0.3 is 15.2 Å². The zero-order valence-electron chi connectivity index (χ0n) is 11.9. The van der Waals surface area contributed by atoms with Gasteiger partial charge in [-0.15, -0.1) is 0 Å². The molecule has 1 aromatic carbocycles. The molecule has 0 heterocycles. The van der Waals surface area contributed by atoms with E-state index in [0.29, 0.717) is 18.9 Å². The van der Waals surface area contributed by atoms with Gasteiger partial charge in [0.25, 0.3) is 0 Å². The minimum absolute atomic E-state index is 0.261. The second-order valence-corrected chi connectivity index (χ2v) is 4.85. The summed E-state index contributed by atoms with van der Waals surface area (Å²) in [6.07, 6.45) is 0.814. The molecule has 0 saturated carbocycles. The molecule has 0 atom stereocenters. The summed E-state index contributed by atoms with van der Waals surface area (Å²) in [5, 5.41) is 10.7. The third-order valence-electron chi connectivity index (χ3n) is 2.78. The van der Waals surface area contributed by atoms with Crippen LogP contribution in [0, 0.1) is 0 Å². The van der Waals surface area contributed by atoms with Crippen molar-refractivity contribution in [2.75, 3.05) is 13.2 Å². The molecule has 0 unspecified atom stereocenters. The lowest BCUT2D eigenvalue weighted by Gasteiger charge is -2.10. The fraction of sp³-hybridized carbons (Fsp3) is 0.467. The molecule has 5 nitrogen and oxygen atoms in total. The highest BCUT2D eigenvalue weighted by Gasteiger charge is 2.04. The Kier molecular flexibility index (Phi) is 6.56. The molecular weight excluding hydrogens is 258 g/mol. The van der Waals surface area contributed by atoms with Crippen LogP contribution in [0.3, 0.4) is 0 Å².